The van der Waals surface area contributed by atoms with Crippen molar-refractivity contribution >= 4 is 5.69 Å². The van der Waals surface area contributed by atoms with Gasteiger partial charge < -0.3 is 14.4 Å². The van der Waals surface area contributed by atoms with Gasteiger partial charge in [0.1, 0.15) is 0 Å². The van der Waals surface area contributed by atoms with E-state index in [4.69, 9.17) is 9.47 Å². The fourth-order valence-corrected chi connectivity index (χ4v) is 2.55. The van der Waals surface area contributed by atoms with Crippen molar-refractivity contribution in [1.29, 1.82) is 0 Å². The fraction of sp³-hybridized carbons (Fsp3) is 0.294. The zero-order valence-electron chi connectivity index (χ0n) is 11.9. The van der Waals surface area contributed by atoms with Gasteiger partial charge in [-0.05, 0) is 12.1 Å². The Balaban J connectivity index is 2.03. The third kappa shape index (κ3) is 2.19. The molecule has 2 aromatic rings. The highest BCUT2D eigenvalue weighted by Gasteiger charge is 2.40. The summed E-state index contributed by atoms with van der Waals surface area (Å²) in [5.41, 5.74) is 3.23. The number of hydrogen-bond acceptors (Lipinski definition) is 3. The molecule has 1 aliphatic heterocycles. The second kappa shape index (κ2) is 5.27. The molecule has 3 heteroatoms. The predicted molar refractivity (Wildman–Crippen MR) is 79.9 cm³/mol. The maximum atomic E-state index is 5.98. The Labute approximate surface area is 119 Å². The minimum atomic E-state index is -0.758. The molecule has 0 amide bonds. The van der Waals surface area contributed by atoms with E-state index in [-0.39, 0.29) is 0 Å². The lowest BCUT2D eigenvalue weighted by atomic mass is 9.97. The summed E-state index contributed by atoms with van der Waals surface area (Å²) in [6, 6.07) is 18.4. The lowest BCUT2D eigenvalue weighted by molar-refractivity contribution is -0.129. The molecule has 0 N–H and O–H groups in total. The summed E-state index contributed by atoms with van der Waals surface area (Å²) in [6.45, 7) is 1.23. The molecule has 0 atom stereocenters. The van der Waals surface area contributed by atoms with E-state index >= 15 is 0 Å². The molecule has 0 bridgehead atoms. The van der Waals surface area contributed by atoms with Gasteiger partial charge in [-0.2, -0.15) is 0 Å². The van der Waals surface area contributed by atoms with Crippen molar-refractivity contribution in [3.05, 3.63) is 65.7 Å². The molecule has 0 aliphatic carbocycles. The SMILES string of the molecule is CN(C)c1ccc(C2(c3ccccc3)OCCO2)cc1. The molecule has 1 aliphatic rings. The molecule has 0 unspecified atom stereocenters. The van der Waals surface area contributed by atoms with Crippen LogP contribution >= 0.6 is 0 Å². The van der Waals surface area contributed by atoms with Crippen LogP contribution in [0, 0.1) is 0 Å². The molecule has 1 saturated heterocycles. The highest BCUT2D eigenvalue weighted by atomic mass is 16.7. The van der Waals surface area contributed by atoms with Crippen LogP contribution in [-0.4, -0.2) is 27.3 Å². The fourth-order valence-electron chi connectivity index (χ4n) is 2.55. The average molecular weight is 269 g/mol. The number of rotatable bonds is 3. The Morgan fingerprint density at radius 2 is 1.35 bits per heavy atom. The standard InChI is InChI=1S/C17H19NO2/c1-18(2)16-10-8-15(9-11-16)17(19-12-13-20-17)14-6-4-3-5-7-14/h3-11H,12-13H2,1-2H3. The van der Waals surface area contributed by atoms with E-state index in [1.54, 1.807) is 0 Å². The van der Waals surface area contributed by atoms with Gasteiger partial charge in [-0.3, -0.25) is 0 Å². The lowest BCUT2D eigenvalue weighted by Crippen LogP contribution is -2.28. The second-order valence-corrected chi connectivity index (χ2v) is 5.12. The number of ether oxygens (including phenoxy) is 2. The first-order valence-electron chi connectivity index (χ1n) is 6.84. The summed E-state index contributed by atoms with van der Waals surface area (Å²) in [4.78, 5) is 2.08. The molecule has 3 nitrogen and oxygen atoms in total. The molecule has 1 fully saturated rings. The monoisotopic (exact) mass is 269 g/mol. The highest BCUT2D eigenvalue weighted by Crippen LogP contribution is 2.38. The van der Waals surface area contributed by atoms with E-state index in [9.17, 15) is 0 Å². The van der Waals surface area contributed by atoms with E-state index in [1.165, 1.54) is 0 Å². The number of nitrogens with zero attached hydrogens (tertiary/aromatic N) is 1. The van der Waals surface area contributed by atoms with Gasteiger partial charge in [-0.25, -0.2) is 0 Å². The van der Waals surface area contributed by atoms with Gasteiger partial charge in [-0.1, -0.05) is 42.5 Å². The molecule has 3 rings (SSSR count). The van der Waals surface area contributed by atoms with Crippen LogP contribution in [0.15, 0.2) is 54.6 Å². The summed E-state index contributed by atoms with van der Waals surface area (Å²) in [6.07, 6.45) is 0. The number of benzene rings is 2. The van der Waals surface area contributed by atoms with Gasteiger partial charge in [0.15, 0.2) is 0 Å². The van der Waals surface area contributed by atoms with Gasteiger partial charge in [0, 0.05) is 30.9 Å². The summed E-state index contributed by atoms with van der Waals surface area (Å²) < 4.78 is 12.0. The van der Waals surface area contributed by atoms with Crippen molar-refractivity contribution in [3.63, 3.8) is 0 Å². The molecule has 20 heavy (non-hydrogen) atoms. The van der Waals surface area contributed by atoms with Crippen molar-refractivity contribution in [2.45, 2.75) is 5.79 Å². The molecule has 104 valence electrons. The summed E-state index contributed by atoms with van der Waals surface area (Å²) >= 11 is 0. The summed E-state index contributed by atoms with van der Waals surface area (Å²) in [7, 11) is 4.06. The van der Waals surface area contributed by atoms with Gasteiger partial charge >= 0.3 is 0 Å². The van der Waals surface area contributed by atoms with Crippen LogP contribution in [0.1, 0.15) is 11.1 Å². The third-order valence-corrected chi connectivity index (χ3v) is 3.61. The van der Waals surface area contributed by atoms with Crippen LogP contribution in [0.5, 0.6) is 0 Å². The predicted octanol–water partition coefficient (Wildman–Crippen LogP) is 3.00. The van der Waals surface area contributed by atoms with Crippen LogP contribution in [-0.2, 0) is 15.3 Å². The van der Waals surface area contributed by atoms with Crippen LogP contribution in [0.4, 0.5) is 5.69 Å². The van der Waals surface area contributed by atoms with Crippen molar-refractivity contribution in [2.24, 2.45) is 0 Å². The molecule has 2 aromatic carbocycles. The normalized spacial score (nSPS) is 17.1. The van der Waals surface area contributed by atoms with Gasteiger partial charge in [-0.15, -0.1) is 0 Å². The van der Waals surface area contributed by atoms with Gasteiger partial charge in [0.05, 0.1) is 13.2 Å². The third-order valence-electron chi connectivity index (χ3n) is 3.61. The van der Waals surface area contributed by atoms with E-state index in [0.717, 1.165) is 16.8 Å². The average Bonchev–Trinajstić information content (AvgIpc) is 2.99. The molecule has 0 radical (unpaired) electrons. The van der Waals surface area contributed by atoms with Crippen LogP contribution in [0.25, 0.3) is 0 Å². The Kier molecular flexibility index (Phi) is 3.47. The van der Waals surface area contributed by atoms with Crippen molar-refractivity contribution in [2.75, 3.05) is 32.2 Å². The van der Waals surface area contributed by atoms with E-state index < -0.39 is 5.79 Å². The number of hydrogen-bond donors (Lipinski definition) is 0. The minimum Gasteiger partial charge on any atom is -0.378 e. The van der Waals surface area contributed by atoms with Crippen LogP contribution in [0.2, 0.25) is 0 Å². The second-order valence-electron chi connectivity index (χ2n) is 5.12. The zero-order chi connectivity index (χ0) is 14.0. The molecule has 0 spiro atoms. The van der Waals surface area contributed by atoms with Crippen molar-refractivity contribution in [3.8, 4) is 0 Å². The molecule has 0 saturated carbocycles. The first-order chi connectivity index (χ1) is 9.72. The van der Waals surface area contributed by atoms with E-state index in [1.807, 2.05) is 44.4 Å². The smallest absolute Gasteiger partial charge is 0.222 e. The maximum absolute atomic E-state index is 5.98. The summed E-state index contributed by atoms with van der Waals surface area (Å²) in [5.74, 6) is -0.758. The highest BCUT2D eigenvalue weighted by molar-refractivity contribution is 5.48. The Hall–Kier alpha value is -1.84. The van der Waals surface area contributed by atoms with Gasteiger partial charge in [0.2, 0.25) is 5.79 Å². The van der Waals surface area contributed by atoms with Crippen molar-refractivity contribution in [1.82, 2.24) is 0 Å². The largest absolute Gasteiger partial charge is 0.378 e. The zero-order valence-corrected chi connectivity index (χ0v) is 11.9. The maximum Gasteiger partial charge on any atom is 0.222 e. The van der Waals surface area contributed by atoms with Crippen molar-refractivity contribution < 1.29 is 9.47 Å². The first-order valence-corrected chi connectivity index (χ1v) is 6.84. The Morgan fingerprint density at radius 3 is 1.90 bits per heavy atom. The molecule has 1 heterocycles. The summed E-state index contributed by atoms with van der Waals surface area (Å²) in [5, 5.41) is 0. The van der Waals surface area contributed by atoms with Crippen LogP contribution < -0.4 is 4.90 Å². The lowest BCUT2D eigenvalue weighted by Gasteiger charge is -2.28. The number of anilines is 1. The quantitative estimate of drug-likeness (QED) is 0.855. The van der Waals surface area contributed by atoms with E-state index in [0.29, 0.717) is 13.2 Å². The molecular formula is C17H19NO2. The topological polar surface area (TPSA) is 21.7 Å². The first kappa shape index (κ1) is 13.2. The van der Waals surface area contributed by atoms with Crippen LogP contribution in [0.3, 0.4) is 0 Å². The Morgan fingerprint density at radius 1 is 0.800 bits per heavy atom. The molecule has 0 aromatic heterocycles. The van der Waals surface area contributed by atoms with E-state index in [2.05, 4.69) is 29.2 Å². The molecular weight excluding hydrogens is 250 g/mol. The Bertz CT molecular complexity index is 557. The van der Waals surface area contributed by atoms with Gasteiger partial charge in [0.25, 0.3) is 0 Å². The minimum absolute atomic E-state index is 0.615.